The topological polar surface area (TPSA) is 0 Å². The molecule has 0 aliphatic heterocycles. The van der Waals surface area contributed by atoms with E-state index in [1.807, 2.05) is 0 Å². The Kier molecular flexibility index (Phi) is 4.61. The summed E-state index contributed by atoms with van der Waals surface area (Å²) in [7, 11) is 0. The minimum absolute atomic E-state index is 0.307. The Morgan fingerprint density at radius 2 is 1.08 bits per heavy atom. The molecule has 0 rings (SSSR count). The van der Waals surface area contributed by atoms with Gasteiger partial charge in [-0.1, -0.05) is 41.5 Å². The monoisotopic (exact) mass is 190 g/mol. The lowest BCUT2D eigenvalue weighted by molar-refractivity contribution is 0.0776. The molecule has 0 spiro atoms. The number of alkyl halides is 1. The molecule has 0 bridgehead atoms. The van der Waals surface area contributed by atoms with E-state index in [9.17, 15) is 0 Å². The van der Waals surface area contributed by atoms with Gasteiger partial charge in [0.15, 0.2) is 0 Å². The van der Waals surface area contributed by atoms with Crippen LogP contribution in [0.25, 0.3) is 0 Å². The average Bonchev–Trinajstić information content (AvgIpc) is 1.86. The Labute approximate surface area is 82.7 Å². The third kappa shape index (κ3) is 1.96. The first-order chi connectivity index (χ1) is 5.39. The predicted octanol–water partition coefficient (Wildman–Crippen LogP) is 4.18. The van der Waals surface area contributed by atoms with Gasteiger partial charge in [-0.3, -0.25) is 0 Å². The van der Waals surface area contributed by atoms with Gasteiger partial charge in [-0.05, 0) is 23.2 Å². The number of hydrogen-bond donors (Lipinski definition) is 0. The maximum absolute atomic E-state index is 6.11. The van der Waals surface area contributed by atoms with E-state index in [0.717, 1.165) is 5.88 Å². The van der Waals surface area contributed by atoms with Crippen molar-refractivity contribution in [2.45, 2.75) is 41.5 Å². The predicted molar refractivity (Wildman–Crippen MR) is 57.7 cm³/mol. The van der Waals surface area contributed by atoms with Crippen molar-refractivity contribution in [1.29, 1.82) is 0 Å². The highest BCUT2D eigenvalue weighted by Crippen LogP contribution is 2.43. The zero-order chi connectivity index (χ0) is 9.94. The molecular formula is C11H23Cl. The second-order valence-electron chi connectivity index (χ2n) is 4.71. The second kappa shape index (κ2) is 4.50. The van der Waals surface area contributed by atoms with Gasteiger partial charge < -0.3 is 0 Å². The van der Waals surface area contributed by atoms with E-state index in [1.165, 1.54) is 0 Å². The Morgan fingerprint density at radius 1 is 0.833 bits per heavy atom. The first-order valence-electron chi connectivity index (χ1n) is 4.95. The van der Waals surface area contributed by atoms with Gasteiger partial charge in [0.05, 0.1) is 0 Å². The molecule has 0 fully saturated rings. The summed E-state index contributed by atoms with van der Waals surface area (Å²) in [6.45, 7) is 13.7. The van der Waals surface area contributed by atoms with Crippen LogP contribution >= 0.6 is 11.6 Å². The quantitative estimate of drug-likeness (QED) is 0.584. The van der Waals surface area contributed by atoms with E-state index in [-0.39, 0.29) is 0 Å². The smallest absolute Gasteiger partial charge is 0.0287 e. The lowest BCUT2D eigenvalue weighted by atomic mass is 9.63. The van der Waals surface area contributed by atoms with E-state index in [2.05, 4.69) is 41.5 Å². The molecule has 0 nitrogen and oxygen atoms in total. The lowest BCUT2D eigenvalue weighted by Crippen LogP contribution is -2.40. The molecule has 0 aromatic rings. The fraction of sp³-hybridized carbons (Fsp3) is 1.00. The van der Waals surface area contributed by atoms with Gasteiger partial charge in [-0.2, -0.15) is 0 Å². The fourth-order valence-corrected chi connectivity index (χ4v) is 3.39. The Bertz CT molecular complexity index is 103. The van der Waals surface area contributed by atoms with Crippen molar-refractivity contribution in [2.24, 2.45) is 23.2 Å². The Balaban J connectivity index is 4.77. The van der Waals surface area contributed by atoms with Crippen molar-refractivity contribution in [1.82, 2.24) is 0 Å². The van der Waals surface area contributed by atoms with Gasteiger partial charge in [-0.15, -0.1) is 11.6 Å². The summed E-state index contributed by atoms with van der Waals surface area (Å²) in [4.78, 5) is 0. The summed E-state index contributed by atoms with van der Waals surface area (Å²) < 4.78 is 0. The molecule has 0 radical (unpaired) electrons. The van der Waals surface area contributed by atoms with Crippen LogP contribution in [0.3, 0.4) is 0 Å². The molecule has 0 amide bonds. The van der Waals surface area contributed by atoms with Crippen LogP contribution in [-0.2, 0) is 0 Å². The molecule has 0 aliphatic rings. The summed E-state index contributed by atoms with van der Waals surface area (Å²) >= 11 is 6.11. The van der Waals surface area contributed by atoms with Crippen LogP contribution < -0.4 is 0 Å². The van der Waals surface area contributed by atoms with Crippen molar-refractivity contribution < 1.29 is 0 Å². The minimum atomic E-state index is 0.307. The standard InChI is InChI=1S/C11H23Cl/c1-8(2)11(7-12,9(3)4)10(5)6/h8-10H,7H2,1-6H3. The van der Waals surface area contributed by atoms with E-state index in [1.54, 1.807) is 0 Å². The fourth-order valence-electron chi connectivity index (χ4n) is 2.46. The van der Waals surface area contributed by atoms with Crippen molar-refractivity contribution >= 4 is 11.6 Å². The van der Waals surface area contributed by atoms with Crippen molar-refractivity contribution in [3.63, 3.8) is 0 Å². The van der Waals surface area contributed by atoms with Gasteiger partial charge in [0.1, 0.15) is 0 Å². The Morgan fingerprint density at radius 3 is 1.08 bits per heavy atom. The molecule has 0 aliphatic carbocycles. The molecule has 0 heterocycles. The maximum atomic E-state index is 6.11. The van der Waals surface area contributed by atoms with Crippen LogP contribution in [0.15, 0.2) is 0 Å². The summed E-state index contributed by atoms with van der Waals surface area (Å²) in [5, 5.41) is 0. The Hall–Kier alpha value is 0.290. The zero-order valence-electron chi connectivity index (χ0n) is 9.32. The molecule has 0 aromatic carbocycles. The summed E-state index contributed by atoms with van der Waals surface area (Å²) in [5.74, 6) is 2.76. The van der Waals surface area contributed by atoms with Gasteiger partial charge in [0.25, 0.3) is 0 Å². The molecular weight excluding hydrogens is 168 g/mol. The van der Waals surface area contributed by atoms with Crippen LogP contribution in [0.5, 0.6) is 0 Å². The number of hydrogen-bond acceptors (Lipinski definition) is 0. The average molecular weight is 191 g/mol. The largest absolute Gasteiger partial charge is 0.126 e. The number of halogens is 1. The van der Waals surface area contributed by atoms with Crippen molar-refractivity contribution in [2.75, 3.05) is 5.88 Å². The summed E-state index contributed by atoms with van der Waals surface area (Å²) in [6.07, 6.45) is 0. The minimum Gasteiger partial charge on any atom is -0.126 e. The normalized spacial score (nSPS) is 13.5. The third-order valence-corrected chi connectivity index (χ3v) is 3.92. The van der Waals surface area contributed by atoms with E-state index in [0.29, 0.717) is 23.2 Å². The zero-order valence-corrected chi connectivity index (χ0v) is 10.1. The molecule has 0 saturated heterocycles. The maximum Gasteiger partial charge on any atom is 0.0287 e. The first-order valence-corrected chi connectivity index (χ1v) is 5.49. The molecule has 0 aromatic heterocycles. The molecule has 0 N–H and O–H groups in total. The molecule has 0 atom stereocenters. The highest BCUT2D eigenvalue weighted by Gasteiger charge is 2.38. The summed E-state index contributed by atoms with van der Waals surface area (Å²) in [6, 6.07) is 0. The van der Waals surface area contributed by atoms with Gasteiger partial charge in [0, 0.05) is 5.88 Å². The summed E-state index contributed by atoms with van der Waals surface area (Å²) in [5.41, 5.74) is 0.307. The second-order valence-corrected chi connectivity index (χ2v) is 4.98. The molecule has 0 unspecified atom stereocenters. The van der Waals surface area contributed by atoms with Crippen LogP contribution in [0.4, 0.5) is 0 Å². The van der Waals surface area contributed by atoms with E-state index < -0.39 is 0 Å². The van der Waals surface area contributed by atoms with Crippen LogP contribution in [0, 0.1) is 23.2 Å². The molecule has 74 valence electrons. The van der Waals surface area contributed by atoms with Gasteiger partial charge in [0.2, 0.25) is 0 Å². The van der Waals surface area contributed by atoms with Crippen LogP contribution in [-0.4, -0.2) is 5.88 Å². The first kappa shape index (κ1) is 12.3. The van der Waals surface area contributed by atoms with Crippen molar-refractivity contribution in [3.05, 3.63) is 0 Å². The molecule has 0 saturated carbocycles. The molecule has 1 heteroatoms. The molecule has 12 heavy (non-hydrogen) atoms. The lowest BCUT2D eigenvalue weighted by Gasteiger charge is -2.43. The van der Waals surface area contributed by atoms with E-state index in [4.69, 9.17) is 11.6 Å². The van der Waals surface area contributed by atoms with Crippen molar-refractivity contribution in [3.8, 4) is 0 Å². The van der Waals surface area contributed by atoms with Crippen LogP contribution in [0.1, 0.15) is 41.5 Å². The SMILES string of the molecule is CC(C)C(CCl)(C(C)C)C(C)C. The number of rotatable bonds is 4. The third-order valence-electron chi connectivity index (χ3n) is 3.46. The highest BCUT2D eigenvalue weighted by atomic mass is 35.5. The van der Waals surface area contributed by atoms with Gasteiger partial charge in [-0.25, -0.2) is 0 Å². The van der Waals surface area contributed by atoms with E-state index >= 15 is 0 Å². The van der Waals surface area contributed by atoms with Crippen LogP contribution in [0.2, 0.25) is 0 Å². The van der Waals surface area contributed by atoms with Gasteiger partial charge >= 0.3 is 0 Å². The highest BCUT2D eigenvalue weighted by molar-refractivity contribution is 6.18.